The van der Waals surface area contributed by atoms with Crippen LogP contribution < -0.4 is 15.0 Å². The molecule has 0 unspecified atom stereocenters. The minimum absolute atomic E-state index is 0.0195. The fourth-order valence-electron chi connectivity index (χ4n) is 4.62. The van der Waals surface area contributed by atoms with Gasteiger partial charge in [-0.05, 0) is 44.6 Å². The maximum absolute atomic E-state index is 12.9. The van der Waals surface area contributed by atoms with Crippen molar-refractivity contribution in [1.29, 1.82) is 0 Å². The maximum atomic E-state index is 12.9. The zero-order valence-corrected chi connectivity index (χ0v) is 17.8. The molecule has 4 rings (SSSR count). The monoisotopic (exact) mass is 411 g/mol. The summed E-state index contributed by atoms with van der Waals surface area (Å²) >= 11 is 0. The zero-order chi connectivity index (χ0) is 21.3. The summed E-state index contributed by atoms with van der Waals surface area (Å²) < 4.78 is 12.9. The number of hydrogen-bond acceptors (Lipinski definition) is 5. The molecule has 0 N–H and O–H groups in total. The number of carbonyl (C=O) groups excluding carboxylic acids is 1. The number of para-hydroxylation sites is 2. The molecule has 2 bridgehead atoms. The van der Waals surface area contributed by atoms with Crippen LogP contribution >= 0.6 is 0 Å². The number of fused-ring (bicyclic) bond motifs is 4. The summed E-state index contributed by atoms with van der Waals surface area (Å²) in [6.07, 6.45) is 1.02. The third-order valence-electron chi connectivity index (χ3n) is 5.94. The van der Waals surface area contributed by atoms with Crippen LogP contribution in [0.1, 0.15) is 23.6 Å². The van der Waals surface area contributed by atoms with Crippen LogP contribution in [0.15, 0.2) is 41.2 Å². The molecule has 1 fully saturated rings. The second kappa shape index (κ2) is 8.52. The number of ether oxygens (including phenoxy) is 2. The molecule has 1 aromatic carbocycles. The summed E-state index contributed by atoms with van der Waals surface area (Å²) in [4.78, 5) is 29.7. The van der Waals surface area contributed by atoms with Gasteiger partial charge in [0.2, 0.25) is 0 Å². The standard InChI is InChI=1S/C23H29N3O4/c1-24(2)13-17-8-9-19-18-10-16(12-26(19)23(17)28)11-25(14-18)22(27)15-30-21-7-5-4-6-20(21)29-3/h4-9,16,18H,10-15H2,1-3H3/t16-,18+/m0/s1. The van der Waals surface area contributed by atoms with E-state index >= 15 is 0 Å². The topological polar surface area (TPSA) is 64.0 Å². The van der Waals surface area contributed by atoms with Gasteiger partial charge in [0.1, 0.15) is 0 Å². The molecular formula is C23H29N3O4. The van der Waals surface area contributed by atoms with Crippen LogP contribution in [0.2, 0.25) is 0 Å². The first kappa shape index (κ1) is 20.5. The van der Waals surface area contributed by atoms with Crippen molar-refractivity contribution in [2.45, 2.75) is 25.4 Å². The van der Waals surface area contributed by atoms with Gasteiger partial charge in [-0.2, -0.15) is 0 Å². The molecule has 1 amide bonds. The van der Waals surface area contributed by atoms with E-state index in [2.05, 4.69) is 6.07 Å². The van der Waals surface area contributed by atoms with Crippen molar-refractivity contribution in [2.24, 2.45) is 5.92 Å². The Morgan fingerprint density at radius 1 is 1.10 bits per heavy atom. The number of benzene rings is 1. The molecule has 7 nitrogen and oxygen atoms in total. The first-order valence-electron chi connectivity index (χ1n) is 10.4. The fourth-order valence-corrected chi connectivity index (χ4v) is 4.62. The Balaban J connectivity index is 1.46. The number of methoxy groups -OCH3 is 1. The lowest BCUT2D eigenvalue weighted by Gasteiger charge is -2.42. The average Bonchev–Trinajstić information content (AvgIpc) is 2.74. The molecule has 3 heterocycles. The third-order valence-corrected chi connectivity index (χ3v) is 5.94. The summed E-state index contributed by atoms with van der Waals surface area (Å²) in [5, 5.41) is 0. The average molecular weight is 412 g/mol. The number of piperidine rings is 1. The van der Waals surface area contributed by atoms with E-state index < -0.39 is 0 Å². The van der Waals surface area contributed by atoms with E-state index in [0.717, 1.165) is 17.7 Å². The van der Waals surface area contributed by atoms with Crippen molar-refractivity contribution in [2.75, 3.05) is 40.9 Å². The van der Waals surface area contributed by atoms with Gasteiger partial charge in [-0.3, -0.25) is 9.59 Å². The molecule has 30 heavy (non-hydrogen) atoms. The van der Waals surface area contributed by atoms with Crippen LogP contribution in [-0.4, -0.2) is 61.2 Å². The van der Waals surface area contributed by atoms with E-state index in [4.69, 9.17) is 9.47 Å². The smallest absolute Gasteiger partial charge is 0.260 e. The second-order valence-electron chi connectivity index (χ2n) is 8.47. The molecule has 0 radical (unpaired) electrons. The SMILES string of the molecule is COc1ccccc1OCC(=O)N1C[C@@H]2C[C@H](C1)c1ccc(CN(C)C)c(=O)n1C2. The quantitative estimate of drug-likeness (QED) is 0.727. The molecule has 1 aromatic heterocycles. The Morgan fingerprint density at radius 3 is 2.60 bits per heavy atom. The highest BCUT2D eigenvalue weighted by molar-refractivity contribution is 5.78. The van der Waals surface area contributed by atoms with Gasteiger partial charge in [0.15, 0.2) is 18.1 Å². The maximum Gasteiger partial charge on any atom is 0.260 e. The normalized spacial score (nSPS) is 20.1. The lowest BCUT2D eigenvalue weighted by Crippen LogP contribution is -2.50. The van der Waals surface area contributed by atoms with E-state index in [1.54, 1.807) is 13.2 Å². The summed E-state index contributed by atoms with van der Waals surface area (Å²) in [5.74, 6) is 1.63. The van der Waals surface area contributed by atoms with Crippen molar-refractivity contribution in [3.05, 3.63) is 58.0 Å². The highest BCUT2D eigenvalue weighted by Gasteiger charge is 2.36. The Kier molecular flexibility index (Phi) is 5.81. The molecule has 160 valence electrons. The fraction of sp³-hybridized carbons (Fsp3) is 0.478. The van der Waals surface area contributed by atoms with Crippen LogP contribution in [0.3, 0.4) is 0 Å². The first-order chi connectivity index (χ1) is 14.5. The summed E-state index contributed by atoms with van der Waals surface area (Å²) in [6, 6.07) is 11.3. The number of pyridine rings is 1. The summed E-state index contributed by atoms with van der Waals surface area (Å²) in [6.45, 7) is 2.57. The minimum atomic E-state index is -0.0318. The minimum Gasteiger partial charge on any atom is -0.493 e. The first-order valence-corrected chi connectivity index (χ1v) is 10.4. The number of nitrogens with zero attached hydrogens (tertiary/aromatic N) is 3. The highest BCUT2D eigenvalue weighted by Crippen LogP contribution is 2.35. The van der Waals surface area contributed by atoms with Gasteiger partial charge < -0.3 is 23.8 Å². The van der Waals surface area contributed by atoms with Crippen molar-refractivity contribution < 1.29 is 14.3 Å². The van der Waals surface area contributed by atoms with Crippen LogP contribution in [0.4, 0.5) is 0 Å². The van der Waals surface area contributed by atoms with Gasteiger partial charge in [-0.15, -0.1) is 0 Å². The Hall–Kier alpha value is -2.80. The summed E-state index contributed by atoms with van der Waals surface area (Å²) in [7, 11) is 5.52. The number of aromatic nitrogens is 1. The van der Waals surface area contributed by atoms with Crippen LogP contribution in [0, 0.1) is 5.92 Å². The van der Waals surface area contributed by atoms with E-state index in [0.29, 0.717) is 43.6 Å². The molecule has 1 saturated heterocycles. The molecule has 2 aliphatic heterocycles. The Morgan fingerprint density at radius 2 is 1.87 bits per heavy atom. The Bertz CT molecular complexity index is 985. The number of hydrogen-bond donors (Lipinski definition) is 0. The molecule has 2 aliphatic rings. The van der Waals surface area contributed by atoms with Gasteiger partial charge >= 0.3 is 0 Å². The molecule has 0 saturated carbocycles. The van der Waals surface area contributed by atoms with Gasteiger partial charge in [-0.25, -0.2) is 0 Å². The van der Waals surface area contributed by atoms with Crippen molar-refractivity contribution in [1.82, 2.24) is 14.4 Å². The second-order valence-corrected chi connectivity index (χ2v) is 8.47. The van der Waals surface area contributed by atoms with Crippen molar-refractivity contribution in [3.8, 4) is 11.5 Å². The summed E-state index contributed by atoms with van der Waals surface area (Å²) in [5.41, 5.74) is 1.97. The van der Waals surface area contributed by atoms with Crippen LogP contribution in [0.25, 0.3) is 0 Å². The predicted octanol–water partition coefficient (Wildman–Crippen LogP) is 1.94. The van der Waals surface area contributed by atoms with Crippen LogP contribution in [0.5, 0.6) is 11.5 Å². The third kappa shape index (κ3) is 4.07. The molecule has 0 spiro atoms. The number of likely N-dealkylation sites (tertiary alicyclic amines) is 1. The van der Waals surface area contributed by atoms with E-state index in [1.165, 1.54) is 0 Å². The van der Waals surface area contributed by atoms with Crippen LogP contribution in [-0.2, 0) is 17.9 Å². The lowest BCUT2D eigenvalue weighted by molar-refractivity contribution is -0.136. The number of amides is 1. The van der Waals surface area contributed by atoms with E-state index in [-0.39, 0.29) is 24.0 Å². The van der Waals surface area contributed by atoms with Gasteiger partial charge in [0.05, 0.1) is 7.11 Å². The molecule has 2 aromatic rings. The molecular weight excluding hydrogens is 382 g/mol. The van der Waals surface area contributed by atoms with Gasteiger partial charge in [0, 0.05) is 43.4 Å². The molecule has 7 heteroatoms. The van der Waals surface area contributed by atoms with E-state index in [9.17, 15) is 9.59 Å². The molecule has 0 aliphatic carbocycles. The Labute approximate surface area is 176 Å². The lowest BCUT2D eigenvalue weighted by atomic mass is 9.83. The van der Waals surface area contributed by atoms with Gasteiger partial charge in [0.25, 0.3) is 11.5 Å². The number of rotatable bonds is 6. The molecule has 2 atom stereocenters. The van der Waals surface area contributed by atoms with E-state index in [1.807, 2.05) is 52.7 Å². The van der Waals surface area contributed by atoms with Crippen molar-refractivity contribution >= 4 is 5.91 Å². The number of carbonyl (C=O) groups is 1. The highest BCUT2D eigenvalue weighted by atomic mass is 16.5. The van der Waals surface area contributed by atoms with Gasteiger partial charge in [-0.1, -0.05) is 18.2 Å². The van der Waals surface area contributed by atoms with Crippen molar-refractivity contribution in [3.63, 3.8) is 0 Å². The predicted molar refractivity (Wildman–Crippen MR) is 114 cm³/mol. The zero-order valence-electron chi connectivity index (χ0n) is 17.8. The largest absolute Gasteiger partial charge is 0.493 e.